The van der Waals surface area contributed by atoms with Crippen LogP contribution in [-0.2, 0) is 0 Å². The van der Waals surface area contributed by atoms with E-state index in [-0.39, 0.29) is 18.6 Å². The number of aliphatic hydroxyl groups excluding tert-OH is 1. The van der Waals surface area contributed by atoms with Crippen LogP contribution in [-0.4, -0.2) is 50.0 Å². The highest BCUT2D eigenvalue weighted by molar-refractivity contribution is 5.44. The van der Waals surface area contributed by atoms with Gasteiger partial charge in [0.2, 0.25) is 0 Å². The molecule has 0 spiro atoms. The first kappa shape index (κ1) is 15.1. The van der Waals surface area contributed by atoms with Crippen molar-refractivity contribution in [3.63, 3.8) is 0 Å². The van der Waals surface area contributed by atoms with Gasteiger partial charge in [0.15, 0.2) is 11.5 Å². The summed E-state index contributed by atoms with van der Waals surface area (Å²) >= 11 is 0. The number of nitrogens with zero attached hydrogens (tertiary/aromatic N) is 1. The number of hydrogen-bond donors (Lipinski definition) is 1. The van der Waals surface area contributed by atoms with E-state index in [2.05, 4.69) is 11.9 Å². The Balaban J connectivity index is 2.10. The summed E-state index contributed by atoms with van der Waals surface area (Å²) in [6.07, 6.45) is 2.48. The molecule has 1 N–H and O–H groups in total. The first-order valence-electron chi connectivity index (χ1n) is 7.28. The highest BCUT2D eigenvalue weighted by Crippen LogP contribution is 2.32. The minimum atomic E-state index is 0.110. The topological polar surface area (TPSA) is 41.9 Å². The fraction of sp³-hybridized carbons (Fsp3) is 0.625. The van der Waals surface area contributed by atoms with Gasteiger partial charge in [0.05, 0.1) is 7.11 Å². The molecule has 4 heteroatoms. The molecule has 1 fully saturated rings. The minimum absolute atomic E-state index is 0.110. The van der Waals surface area contributed by atoms with E-state index in [1.165, 1.54) is 6.42 Å². The molecule has 2 atom stereocenters. The normalized spacial score (nSPS) is 21.5. The molecular formula is C16H25NO3. The van der Waals surface area contributed by atoms with Crippen LogP contribution in [0.5, 0.6) is 11.5 Å². The first-order chi connectivity index (χ1) is 9.63. The molecule has 1 aliphatic heterocycles. The predicted molar refractivity (Wildman–Crippen MR) is 79.6 cm³/mol. The molecule has 1 aromatic carbocycles. The SMILES string of the molecule is COc1cc(C(C)CO)ccc1OC1CCCN(C)C1. The number of piperidine rings is 1. The second kappa shape index (κ2) is 6.95. The van der Waals surface area contributed by atoms with Crippen molar-refractivity contribution < 1.29 is 14.6 Å². The van der Waals surface area contributed by atoms with Crippen LogP contribution < -0.4 is 9.47 Å². The van der Waals surface area contributed by atoms with Gasteiger partial charge in [-0.1, -0.05) is 13.0 Å². The Labute approximate surface area is 121 Å². The van der Waals surface area contributed by atoms with Crippen LogP contribution in [0.2, 0.25) is 0 Å². The van der Waals surface area contributed by atoms with Gasteiger partial charge in [-0.3, -0.25) is 0 Å². The van der Waals surface area contributed by atoms with Gasteiger partial charge >= 0.3 is 0 Å². The number of likely N-dealkylation sites (tertiary alicyclic amines) is 1. The largest absolute Gasteiger partial charge is 0.493 e. The molecule has 1 aliphatic rings. The third-order valence-corrected chi connectivity index (χ3v) is 3.91. The van der Waals surface area contributed by atoms with E-state index >= 15 is 0 Å². The van der Waals surface area contributed by atoms with E-state index in [1.807, 2.05) is 25.1 Å². The first-order valence-corrected chi connectivity index (χ1v) is 7.28. The van der Waals surface area contributed by atoms with E-state index < -0.39 is 0 Å². The van der Waals surface area contributed by atoms with Crippen LogP contribution >= 0.6 is 0 Å². The maximum atomic E-state index is 9.23. The Kier molecular flexibility index (Phi) is 5.26. The summed E-state index contributed by atoms with van der Waals surface area (Å²) < 4.78 is 11.5. The molecule has 0 bridgehead atoms. The van der Waals surface area contributed by atoms with Crippen molar-refractivity contribution in [3.05, 3.63) is 23.8 Å². The monoisotopic (exact) mass is 279 g/mol. The van der Waals surface area contributed by atoms with Crippen molar-refractivity contribution in [2.75, 3.05) is 33.9 Å². The zero-order valence-electron chi connectivity index (χ0n) is 12.6. The molecule has 1 heterocycles. The molecular weight excluding hydrogens is 254 g/mol. The maximum Gasteiger partial charge on any atom is 0.161 e. The smallest absolute Gasteiger partial charge is 0.161 e. The Bertz CT molecular complexity index is 436. The Morgan fingerprint density at radius 1 is 1.40 bits per heavy atom. The molecule has 1 aromatic rings. The van der Waals surface area contributed by atoms with Gasteiger partial charge in [0.1, 0.15) is 6.10 Å². The number of hydrogen-bond acceptors (Lipinski definition) is 4. The Morgan fingerprint density at radius 3 is 2.85 bits per heavy atom. The Morgan fingerprint density at radius 2 is 2.20 bits per heavy atom. The van der Waals surface area contributed by atoms with Crippen LogP contribution in [0.3, 0.4) is 0 Å². The minimum Gasteiger partial charge on any atom is -0.493 e. The lowest BCUT2D eigenvalue weighted by molar-refractivity contribution is 0.101. The van der Waals surface area contributed by atoms with E-state index in [4.69, 9.17) is 9.47 Å². The number of likely N-dealkylation sites (N-methyl/N-ethyl adjacent to an activating group) is 1. The lowest BCUT2D eigenvalue weighted by Crippen LogP contribution is -2.38. The molecule has 2 unspecified atom stereocenters. The van der Waals surface area contributed by atoms with Crippen molar-refractivity contribution in [2.24, 2.45) is 0 Å². The maximum absolute atomic E-state index is 9.23. The van der Waals surface area contributed by atoms with Gasteiger partial charge in [0, 0.05) is 19.1 Å². The summed E-state index contributed by atoms with van der Waals surface area (Å²) in [5.74, 6) is 1.65. The Hall–Kier alpha value is -1.26. The zero-order chi connectivity index (χ0) is 14.5. The van der Waals surface area contributed by atoms with Crippen molar-refractivity contribution in [1.82, 2.24) is 4.90 Å². The van der Waals surface area contributed by atoms with Crippen LogP contribution in [0.4, 0.5) is 0 Å². The van der Waals surface area contributed by atoms with Crippen LogP contribution in [0.25, 0.3) is 0 Å². The molecule has 0 amide bonds. The number of benzene rings is 1. The third-order valence-electron chi connectivity index (χ3n) is 3.91. The van der Waals surface area contributed by atoms with Crippen molar-refractivity contribution in [3.8, 4) is 11.5 Å². The molecule has 1 saturated heterocycles. The summed E-state index contributed by atoms with van der Waals surface area (Å²) in [5, 5.41) is 9.23. The summed E-state index contributed by atoms with van der Waals surface area (Å²) in [7, 11) is 3.78. The van der Waals surface area contributed by atoms with Gasteiger partial charge in [0.25, 0.3) is 0 Å². The molecule has 0 radical (unpaired) electrons. The van der Waals surface area contributed by atoms with Crippen LogP contribution in [0, 0.1) is 0 Å². The van der Waals surface area contributed by atoms with Crippen molar-refractivity contribution in [1.29, 1.82) is 0 Å². The molecule has 4 nitrogen and oxygen atoms in total. The van der Waals surface area contributed by atoms with Gasteiger partial charge < -0.3 is 19.5 Å². The second-order valence-corrected chi connectivity index (χ2v) is 5.64. The summed E-state index contributed by atoms with van der Waals surface area (Å²) in [6.45, 7) is 4.23. The van der Waals surface area contributed by atoms with E-state index in [0.29, 0.717) is 0 Å². The number of methoxy groups -OCH3 is 1. The summed E-state index contributed by atoms with van der Waals surface area (Å²) in [5.41, 5.74) is 1.07. The predicted octanol–water partition coefficient (Wildman–Crippen LogP) is 2.26. The van der Waals surface area contributed by atoms with Gasteiger partial charge in [-0.2, -0.15) is 0 Å². The standard InChI is InChI=1S/C16H25NO3/c1-12(11-18)13-6-7-15(16(9-13)19-3)20-14-5-4-8-17(2)10-14/h6-7,9,12,14,18H,4-5,8,10-11H2,1-3H3. The quantitative estimate of drug-likeness (QED) is 0.898. The highest BCUT2D eigenvalue weighted by atomic mass is 16.5. The number of rotatable bonds is 5. The van der Waals surface area contributed by atoms with E-state index in [1.54, 1.807) is 7.11 Å². The molecule has 0 aliphatic carbocycles. The molecule has 20 heavy (non-hydrogen) atoms. The number of aliphatic hydroxyl groups is 1. The molecule has 112 valence electrons. The lowest BCUT2D eigenvalue weighted by Gasteiger charge is -2.30. The fourth-order valence-electron chi connectivity index (χ4n) is 2.59. The number of ether oxygens (including phenoxy) is 2. The second-order valence-electron chi connectivity index (χ2n) is 5.64. The van der Waals surface area contributed by atoms with Crippen molar-refractivity contribution >= 4 is 0 Å². The third kappa shape index (κ3) is 3.64. The lowest BCUT2D eigenvalue weighted by atomic mass is 10.0. The summed E-state index contributed by atoms with van der Waals surface area (Å²) in [4.78, 5) is 2.29. The summed E-state index contributed by atoms with van der Waals surface area (Å²) in [6, 6.07) is 5.92. The fourth-order valence-corrected chi connectivity index (χ4v) is 2.59. The van der Waals surface area contributed by atoms with Gasteiger partial charge in [-0.05, 0) is 44.1 Å². The van der Waals surface area contributed by atoms with Gasteiger partial charge in [-0.15, -0.1) is 0 Å². The van der Waals surface area contributed by atoms with E-state index in [9.17, 15) is 5.11 Å². The van der Waals surface area contributed by atoms with Crippen LogP contribution in [0.15, 0.2) is 18.2 Å². The molecule has 2 rings (SSSR count). The van der Waals surface area contributed by atoms with Crippen LogP contribution in [0.1, 0.15) is 31.2 Å². The molecule has 0 saturated carbocycles. The average molecular weight is 279 g/mol. The van der Waals surface area contributed by atoms with Crippen molar-refractivity contribution in [2.45, 2.75) is 31.8 Å². The van der Waals surface area contributed by atoms with E-state index in [0.717, 1.165) is 36.6 Å². The zero-order valence-corrected chi connectivity index (χ0v) is 12.6. The highest BCUT2D eigenvalue weighted by Gasteiger charge is 2.20. The molecule has 0 aromatic heterocycles. The average Bonchev–Trinajstić information content (AvgIpc) is 2.47. The van der Waals surface area contributed by atoms with Gasteiger partial charge in [-0.25, -0.2) is 0 Å².